The van der Waals surface area contributed by atoms with Crippen LogP contribution in [0, 0.1) is 22.2 Å². The number of fused-ring (bicyclic) bond motifs is 2. The van der Waals surface area contributed by atoms with Crippen LogP contribution in [0.4, 0.5) is 0 Å². The van der Waals surface area contributed by atoms with E-state index in [1.807, 2.05) is 13.8 Å². The predicted octanol–water partition coefficient (Wildman–Crippen LogP) is 3.41. The molecule has 0 spiro atoms. The van der Waals surface area contributed by atoms with Gasteiger partial charge in [-0.1, -0.05) is 19.9 Å². The van der Waals surface area contributed by atoms with Crippen LogP contribution in [0.15, 0.2) is 12.7 Å². The molecule has 0 aliphatic heterocycles. The quantitative estimate of drug-likeness (QED) is 0.345. The molecule has 28 heavy (non-hydrogen) atoms. The number of Topliss-reactive ketones (excluding diaryl/α,β-unsaturated/α-hetero) is 1. The molecule has 0 unspecified atom stereocenters. The van der Waals surface area contributed by atoms with Crippen molar-refractivity contribution in [3.8, 4) is 0 Å². The second kappa shape index (κ2) is 7.24. The van der Waals surface area contributed by atoms with E-state index in [0.29, 0.717) is 38.5 Å². The third-order valence-electron chi connectivity index (χ3n) is 7.72. The number of carbonyl (C=O) groups is 2. The second-order valence-electron chi connectivity index (χ2n) is 9.22. The van der Waals surface area contributed by atoms with Crippen molar-refractivity contribution < 1.29 is 26.9 Å². The summed E-state index contributed by atoms with van der Waals surface area (Å²) in [7, 11) is -4.00. The van der Waals surface area contributed by atoms with Crippen molar-refractivity contribution in [2.75, 3.05) is 12.4 Å². The highest BCUT2D eigenvalue weighted by Crippen LogP contribution is 2.64. The van der Waals surface area contributed by atoms with Crippen molar-refractivity contribution >= 4 is 21.9 Å². The molecule has 4 atom stereocenters. The van der Waals surface area contributed by atoms with E-state index >= 15 is 0 Å². The third kappa shape index (κ3) is 3.15. The molecule has 0 heterocycles. The molecule has 3 rings (SSSR count). The summed E-state index contributed by atoms with van der Waals surface area (Å²) >= 11 is 0. The highest BCUT2D eigenvalue weighted by Gasteiger charge is 2.66. The zero-order chi connectivity index (χ0) is 20.8. The van der Waals surface area contributed by atoms with E-state index in [1.54, 1.807) is 13.0 Å². The summed E-state index contributed by atoms with van der Waals surface area (Å²) in [5.74, 6) is -0.452. The van der Waals surface area contributed by atoms with Crippen LogP contribution in [0.5, 0.6) is 0 Å². The van der Waals surface area contributed by atoms with Crippen molar-refractivity contribution in [3.05, 3.63) is 12.7 Å². The molecule has 3 aliphatic rings. The average Bonchev–Trinajstić information content (AvgIpc) is 3.15. The van der Waals surface area contributed by atoms with Crippen molar-refractivity contribution in [2.45, 2.75) is 71.8 Å². The fraction of sp³-hybridized carbons (Fsp3) is 0.810. The second-order valence-corrected chi connectivity index (χ2v) is 10.8. The number of carbonyl (C=O) groups excluding carboxylic acids is 2. The largest absolute Gasteiger partial charge is 0.465 e. The molecule has 0 radical (unpaired) electrons. The third-order valence-corrected chi connectivity index (χ3v) is 9.09. The Balaban J connectivity index is 1.84. The summed E-state index contributed by atoms with van der Waals surface area (Å²) in [6.07, 6.45) is 4.74. The van der Waals surface area contributed by atoms with Crippen LogP contribution >= 0.6 is 0 Å². The van der Waals surface area contributed by atoms with Crippen LogP contribution in [0.2, 0.25) is 0 Å². The standard InChI is InChI=1S/C21H32O6S/c1-5-10-20(18(23)26-6-2)11-7-8-17(20)27-28(24,25)14-21-12-9-15(13-16(21)22)19(21,3)4/h5,15,17H,1,6-14H2,2-4H3/t15-,17+,20-,21+/m1/s1. The summed E-state index contributed by atoms with van der Waals surface area (Å²) < 4.78 is 37.1. The van der Waals surface area contributed by atoms with E-state index in [4.69, 9.17) is 8.92 Å². The van der Waals surface area contributed by atoms with E-state index in [2.05, 4.69) is 6.58 Å². The van der Waals surface area contributed by atoms with Gasteiger partial charge in [0.05, 0.1) is 29.3 Å². The van der Waals surface area contributed by atoms with Crippen molar-refractivity contribution in [3.63, 3.8) is 0 Å². The van der Waals surface area contributed by atoms with Crippen LogP contribution in [-0.2, 0) is 28.6 Å². The van der Waals surface area contributed by atoms with Crippen LogP contribution in [0.3, 0.4) is 0 Å². The van der Waals surface area contributed by atoms with Gasteiger partial charge < -0.3 is 4.74 Å². The highest BCUT2D eigenvalue weighted by molar-refractivity contribution is 7.86. The van der Waals surface area contributed by atoms with Crippen molar-refractivity contribution in [1.82, 2.24) is 0 Å². The molecule has 158 valence electrons. The minimum atomic E-state index is -4.00. The lowest BCUT2D eigenvalue weighted by atomic mass is 9.70. The molecule has 0 aromatic heterocycles. The number of esters is 1. The predicted molar refractivity (Wildman–Crippen MR) is 105 cm³/mol. The Morgan fingerprint density at radius 2 is 2.00 bits per heavy atom. The van der Waals surface area contributed by atoms with Crippen molar-refractivity contribution in [1.29, 1.82) is 0 Å². The first-order valence-corrected chi connectivity index (χ1v) is 11.8. The van der Waals surface area contributed by atoms with Crippen LogP contribution < -0.4 is 0 Å². The van der Waals surface area contributed by atoms with E-state index in [9.17, 15) is 18.0 Å². The molecule has 3 aliphatic carbocycles. The molecule has 0 aromatic carbocycles. The van der Waals surface area contributed by atoms with E-state index in [-0.39, 0.29) is 29.5 Å². The van der Waals surface area contributed by atoms with Gasteiger partial charge in [0, 0.05) is 6.42 Å². The molecule has 0 amide bonds. The van der Waals surface area contributed by atoms with Crippen LogP contribution in [0.1, 0.15) is 65.7 Å². The van der Waals surface area contributed by atoms with Crippen LogP contribution in [0.25, 0.3) is 0 Å². The topological polar surface area (TPSA) is 86.7 Å². The first kappa shape index (κ1) is 21.5. The number of ether oxygens (including phenoxy) is 1. The Morgan fingerprint density at radius 1 is 1.29 bits per heavy atom. The monoisotopic (exact) mass is 412 g/mol. The maximum Gasteiger partial charge on any atom is 0.315 e. The molecule has 6 nitrogen and oxygen atoms in total. The molecule has 3 fully saturated rings. The van der Waals surface area contributed by atoms with Crippen molar-refractivity contribution in [2.24, 2.45) is 22.2 Å². The zero-order valence-electron chi connectivity index (χ0n) is 17.2. The summed E-state index contributed by atoms with van der Waals surface area (Å²) in [6.45, 7) is 9.68. The Hall–Kier alpha value is -1.21. The SMILES string of the molecule is C=CC[C@@]1(C(=O)OCC)CCC[C@@H]1OS(=O)(=O)C[C@@]12CC[C@H](CC1=O)C2(C)C. The molecular weight excluding hydrogens is 380 g/mol. The molecule has 3 saturated carbocycles. The first-order chi connectivity index (χ1) is 13.0. The van der Waals surface area contributed by atoms with Gasteiger partial charge in [0.25, 0.3) is 10.1 Å². The Bertz CT molecular complexity index is 770. The fourth-order valence-corrected chi connectivity index (χ4v) is 7.87. The molecule has 0 aromatic rings. The van der Waals surface area contributed by atoms with Gasteiger partial charge in [0.2, 0.25) is 0 Å². The first-order valence-electron chi connectivity index (χ1n) is 10.3. The van der Waals surface area contributed by atoms with Gasteiger partial charge >= 0.3 is 5.97 Å². The van der Waals surface area contributed by atoms with Crippen LogP contribution in [-0.4, -0.2) is 38.6 Å². The summed E-state index contributed by atoms with van der Waals surface area (Å²) in [6, 6.07) is 0. The molecule has 0 saturated heterocycles. The average molecular weight is 413 g/mol. The number of ketones is 1. The van der Waals surface area contributed by atoms with Gasteiger partial charge in [-0.3, -0.25) is 13.8 Å². The van der Waals surface area contributed by atoms with Gasteiger partial charge in [0.1, 0.15) is 5.78 Å². The Kier molecular flexibility index (Phi) is 5.56. The van der Waals surface area contributed by atoms with Gasteiger partial charge in [-0.25, -0.2) is 0 Å². The molecule has 7 heteroatoms. The highest BCUT2D eigenvalue weighted by atomic mass is 32.2. The zero-order valence-corrected chi connectivity index (χ0v) is 18.0. The maximum absolute atomic E-state index is 13.1. The lowest BCUT2D eigenvalue weighted by Crippen LogP contribution is -2.46. The lowest BCUT2D eigenvalue weighted by molar-refractivity contribution is -0.159. The normalized spacial score (nSPS) is 36.6. The summed E-state index contributed by atoms with van der Waals surface area (Å²) in [5, 5.41) is 0. The Labute approximate surface area is 168 Å². The van der Waals surface area contributed by atoms with E-state index in [0.717, 1.165) is 6.42 Å². The smallest absolute Gasteiger partial charge is 0.315 e. The maximum atomic E-state index is 13.1. The lowest BCUT2D eigenvalue weighted by Gasteiger charge is -2.37. The van der Waals surface area contributed by atoms with Gasteiger partial charge in [0.15, 0.2) is 0 Å². The molecular formula is C21H32O6S. The molecule has 0 N–H and O–H groups in total. The van der Waals surface area contributed by atoms with E-state index < -0.39 is 33.0 Å². The number of allylic oxidation sites excluding steroid dienone is 1. The van der Waals surface area contributed by atoms with E-state index in [1.165, 1.54) is 0 Å². The van der Waals surface area contributed by atoms with Gasteiger partial charge in [-0.15, -0.1) is 6.58 Å². The summed E-state index contributed by atoms with van der Waals surface area (Å²) in [5.41, 5.74) is -2.24. The fourth-order valence-electron chi connectivity index (χ4n) is 5.88. The minimum Gasteiger partial charge on any atom is -0.465 e. The number of rotatable bonds is 8. The molecule has 2 bridgehead atoms. The summed E-state index contributed by atoms with van der Waals surface area (Å²) in [4.78, 5) is 25.4. The minimum absolute atomic E-state index is 0.0371. The Morgan fingerprint density at radius 3 is 2.54 bits per heavy atom. The number of hydrogen-bond acceptors (Lipinski definition) is 6. The number of hydrogen-bond donors (Lipinski definition) is 0. The van der Waals surface area contributed by atoms with Gasteiger partial charge in [-0.05, 0) is 56.8 Å². The van der Waals surface area contributed by atoms with Gasteiger partial charge in [-0.2, -0.15) is 8.42 Å².